The molecule has 2 aromatic rings. The highest BCUT2D eigenvalue weighted by atomic mass is 16.2. The standard InChI is InChI=1S/C21H28N4O2/c1-4-25-16(3)19(15(2)23-25)10-11-22-20(26)14-24-13-18(12-21(24)27)17-8-6-5-7-9-17/h5-9,18H,4,10-14H2,1-3H3,(H,22,26). The first-order chi connectivity index (χ1) is 13.0. The molecule has 2 amide bonds. The molecule has 1 aromatic carbocycles. The third-order valence-electron chi connectivity index (χ3n) is 5.35. The summed E-state index contributed by atoms with van der Waals surface area (Å²) in [7, 11) is 0. The van der Waals surface area contributed by atoms with E-state index < -0.39 is 0 Å². The van der Waals surface area contributed by atoms with Crippen LogP contribution in [0.25, 0.3) is 0 Å². The van der Waals surface area contributed by atoms with E-state index in [4.69, 9.17) is 0 Å². The van der Waals surface area contributed by atoms with Crippen LogP contribution in [0, 0.1) is 13.8 Å². The molecular formula is C21H28N4O2. The number of benzene rings is 1. The van der Waals surface area contributed by atoms with Gasteiger partial charge in [0.2, 0.25) is 11.8 Å². The van der Waals surface area contributed by atoms with Gasteiger partial charge >= 0.3 is 0 Å². The number of hydrogen-bond donors (Lipinski definition) is 1. The maximum atomic E-state index is 12.3. The number of carbonyl (C=O) groups excluding carboxylic acids is 2. The Labute approximate surface area is 160 Å². The third kappa shape index (κ3) is 4.38. The van der Waals surface area contributed by atoms with Crippen molar-refractivity contribution in [1.82, 2.24) is 20.0 Å². The summed E-state index contributed by atoms with van der Waals surface area (Å²) >= 11 is 0. The molecule has 1 N–H and O–H groups in total. The second-order valence-electron chi connectivity index (χ2n) is 7.15. The van der Waals surface area contributed by atoms with Gasteiger partial charge < -0.3 is 10.2 Å². The molecule has 1 atom stereocenters. The summed E-state index contributed by atoms with van der Waals surface area (Å²) in [6, 6.07) is 10.0. The fourth-order valence-electron chi connectivity index (χ4n) is 3.83. The summed E-state index contributed by atoms with van der Waals surface area (Å²) in [6.45, 7) is 8.28. The van der Waals surface area contributed by atoms with Gasteiger partial charge in [0.05, 0.1) is 12.2 Å². The van der Waals surface area contributed by atoms with Crippen LogP contribution < -0.4 is 5.32 Å². The molecular weight excluding hydrogens is 340 g/mol. The molecule has 144 valence electrons. The van der Waals surface area contributed by atoms with E-state index in [0.717, 1.165) is 29.9 Å². The third-order valence-corrected chi connectivity index (χ3v) is 5.35. The lowest BCUT2D eigenvalue weighted by Crippen LogP contribution is -2.38. The highest BCUT2D eigenvalue weighted by molar-refractivity contribution is 5.86. The Balaban J connectivity index is 1.48. The number of hydrogen-bond acceptors (Lipinski definition) is 3. The van der Waals surface area contributed by atoms with Gasteiger partial charge in [-0.15, -0.1) is 0 Å². The first-order valence-corrected chi connectivity index (χ1v) is 9.61. The van der Waals surface area contributed by atoms with E-state index in [1.54, 1.807) is 4.90 Å². The molecule has 0 spiro atoms. The van der Waals surface area contributed by atoms with Crippen LogP contribution >= 0.6 is 0 Å². The second-order valence-corrected chi connectivity index (χ2v) is 7.15. The Kier molecular flexibility index (Phi) is 5.94. The van der Waals surface area contributed by atoms with E-state index in [9.17, 15) is 9.59 Å². The van der Waals surface area contributed by atoms with Crippen LogP contribution in [0.5, 0.6) is 0 Å². The van der Waals surface area contributed by atoms with Crippen molar-refractivity contribution in [2.75, 3.05) is 19.6 Å². The van der Waals surface area contributed by atoms with Crippen LogP contribution in [0.2, 0.25) is 0 Å². The second kappa shape index (κ2) is 8.37. The van der Waals surface area contributed by atoms with E-state index in [-0.39, 0.29) is 24.3 Å². The van der Waals surface area contributed by atoms with Crippen molar-refractivity contribution in [2.45, 2.75) is 46.1 Å². The Morgan fingerprint density at radius 1 is 1.26 bits per heavy atom. The topological polar surface area (TPSA) is 67.2 Å². The minimum atomic E-state index is -0.102. The van der Waals surface area contributed by atoms with Crippen molar-refractivity contribution < 1.29 is 9.59 Å². The molecule has 0 bridgehead atoms. The number of rotatable bonds is 7. The molecule has 6 heteroatoms. The van der Waals surface area contributed by atoms with Crippen molar-refractivity contribution in [1.29, 1.82) is 0 Å². The molecule has 3 rings (SSSR count). The van der Waals surface area contributed by atoms with Crippen molar-refractivity contribution in [2.24, 2.45) is 0 Å². The lowest BCUT2D eigenvalue weighted by Gasteiger charge is -2.16. The minimum Gasteiger partial charge on any atom is -0.354 e. The fourth-order valence-corrected chi connectivity index (χ4v) is 3.83. The van der Waals surface area contributed by atoms with Crippen LogP contribution in [-0.2, 0) is 22.6 Å². The van der Waals surface area contributed by atoms with Crippen molar-refractivity contribution >= 4 is 11.8 Å². The first kappa shape index (κ1) is 19.1. The van der Waals surface area contributed by atoms with Gasteiger partial charge in [-0.1, -0.05) is 30.3 Å². The zero-order valence-corrected chi connectivity index (χ0v) is 16.4. The smallest absolute Gasteiger partial charge is 0.239 e. The number of likely N-dealkylation sites (tertiary alicyclic amines) is 1. The number of aromatic nitrogens is 2. The van der Waals surface area contributed by atoms with Crippen molar-refractivity contribution in [3.05, 3.63) is 52.8 Å². The normalized spacial score (nSPS) is 16.8. The molecule has 2 heterocycles. The monoisotopic (exact) mass is 368 g/mol. The maximum absolute atomic E-state index is 12.3. The number of aryl methyl sites for hydroxylation is 2. The highest BCUT2D eigenvalue weighted by Crippen LogP contribution is 2.27. The summed E-state index contributed by atoms with van der Waals surface area (Å²) in [5, 5.41) is 7.45. The number of nitrogens with zero attached hydrogens (tertiary/aromatic N) is 3. The van der Waals surface area contributed by atoms with E-state index in [1.807, 2.05) is 41.9 Å². The molecule has 0 radical (unpaired) electrons. The molecule has 1 unspecified atom stereocenters. The van der Waals surface area contributed by atoms with Crippen molar-refractivity contribution in [3.63, 3.8) is 0 Å². The summed E-state index contributed by atoms with van der Waals surface area (Å²) in [5.41, 5.74) is 4.53. The number of amides is 2. The SMILES string of the molecule is CCn1nc(C)c(CCNC(=O)CN2CC(c3ccccc3)CC2=O)c1C. The van der Waals surface area contributed by atoms with Gasteiger partial charge in [0.25, 0.3) is 0 Å². The van der Waals surface area contributed by atoms with Crippen LogP contribution in [0.15, 0.2) is 30.3 Å². The zero-order valence-electron chi connectivity index (χ0n) is 16.4. The lowest BCUT2D eigenvalue weighted by atomic mass is 9.99. The molecule has 1 aliphatic rings. The van der Waals surface area contributed by atoms with Crippen molar-refractivity contribution in [3.8, 4) is 0 Å². The molecule has 1 saturated heterocycles. The summed E-state index contributed by atoms with van der Waals surface area (Å²) < 4.78 is 1.99. The molecule has 0 saturated carbocycles. The Bertz CT molecular complexity index is 813. The first-order valence-electron chi connectivity index (χ1n) is 9.61. The van der Waals surface area contributed by atoms with Gasteiger partial charge in [-0.2, -0.15) is 5.10 Å². The molecule has 1 fully saturated rings. The molecule has 1 aromatic heterocycles. The predicted molar refractivity (Wildman–Crippen MR) is 104 cm³/mol. The average molecular weight is 368 g/mol. The number of carbonyl (C=O) groups is 2. The fraction of sp³-hybridized carbons (Fsp3) is 0.476. The summed E-state index contributed by atoms with van der Waals surface area (Å²) in [4.78, 5) is 26.2. The van der Waals surface area contributed by atoms with Crippen LogP contribution in [-0.4, -0.2) is 46.1 Å². The zero-order chi connectivity index (χ0) is 19.4. The average Bonchev–Trinajstić information content (AvgIpc) is 3.16. The van der Waals surface area contributed by atoms with E-state index >= 15 is 0 Å². The van der Waals surface area contributed by atoms with E-state index in [1.165, 1.54) is 5.56 Å². The molecule has 27 heavy (non-hydrogen) atoms. The molecule has 6 nitrogen and oxygen atoms in total. The quantitative estimate of drug-likeness (QED) is 0.815. The largest absolute Gasteiger partial charge is 0.354 e. The van der Waals surface area contributed by atoms with Gasteiger partial charge in [-0.05, 0) is 38.3 Å². The molecule has 0 aliphatic carbocycles. The summed E-state index contributed by atoms with van der Waals surface area (Å²) in [6.07, 6.45) is 1.23. The van der Waals surface area contributed by atoms with Gasteiger partial charge in [0.15, 0.2) is 0 Å². The van der Waals surface area contributed by atoms with Gasteiger partial charge in [-0.25, -0.2) is 0 Å². The van der Waals surface area contributed by atoms with Gasteiger partial charge in [0, 0.05) is 37.7 Å². The Hall–Kier alpha value is -2.63. The minimum absolute atomic E-state index is 0.0508. The Morgan fingerprint density at radius 2 is 2.00 bits per heavy atom. The van der Waals surface area contributed by atoms with Gasteiger partial charge in [-0.3, -0.25) is 14.3 Å². The van der Waals surface area contributed by atoms with Crippen LogP contribution in [0.3, 0.4) is 0 Å². The number of nitrogens with one attached hydrogen (secondary N) is 1. The predicted octanol–water partition coefficient (Wildman–Crippen LogP) is 2.19. The molecule has 1 aliphatic heterocycles. The maximum Gasteiger partial charge on any atom is 0.239 e. The van der Waals surface area contributed by atoms with E-state index in [0.29, 0.717) is 19.5 Å². The van der Waals surface area contributed by atoms with Crippen LogP contribution in [0.1, 0.15) is 41.8 Å². The lowest BCUT2D eigenvalue weighted by molar-refractivity contribution is -0.133. The highest BCUT2D eigenvalue weighted by Gasteiger charge is 2.31. The van der Waals surface area contributed by atoms with Gasteiger partial charge in [0.1, 0.15) is 0 Å². The Morgan fingerprint density at radius 3 is 2.67 bits per heavy atom. The van der Waals surface area contributed by atoms with Crippen LogP contribution in [0.4, 0.5) is 0 Å². The van der Waals surface area contributed by atoms with E-state index in [2.05, 4.69) is 24.3 Å². The summed E-state index contributed by atoms with van der Waals surface area (Å²) in [5.74, 6) is 0.127.